The molecule has 10 heteroatoms. The third-order valence-corrected chi connectivity index (χ3v) is 5.57. The number of hydrogen-bond donors (Lipinski definition) is 1. The Morgan fingerprint density at radius 2 is 1.72 bits per heavy atom. The lowest BCUT2D eigenvalue weighted by Crippen LogP contribution is -2.54. The van der Waals surface area contributed by atoms with Crippen LogP contribution in [-0.2, 0) is 15.8 Å². The third kappa shape index (κ3) is 4.22. The molecule has 0 unspecified atom stereocenters. The van der Waals surface area contributed by atoms with Crippen molar-refractivity contribution in [2.75, 3.05) is 22.9 Å². The van der Waals surface area contributed by atoms with Gasteiger partial charge in [0.25, 0.3) is 11.8 Å². The van der Waals surface area contributed by atoms with Crippen molar-refractivity contribution in [1.82, 2.24) is 5.32 Å². The number of hydrogen-bond acceptors (Lipinski definition) is 4. The molecular formula is C22H17F4N3O2S. The zero-order valence-electron chi connectivity index (χ0n) is 16.6. The van der Waals surface area contributed by atoms with Crippen molar-refractivity contribution in [2.24, 2.45) is 0 Å². The van der Waals surface area contributed by atoms with Crippen molar-refractivity contribution < 1.29 is 27.2 Å². The number of carbonyl (C=O) groups is 2. The van der Waals surface area contributed by atoms with Gasteiger partial charge in [0.05, 0.1) is 11.3 Å². The Morgan fingerprint density at radius 1 is 1.00 bits per heavy atom. The van der Waals surface area contributed by atoms with E-state index in [2.05, 4.69) is 5.32 Å². The Hall–Kier alpha value is -3.27. The van der Waals surface area contributed by atoms with Crippen LogP contribution < -0.4 is 15.1 Å². The van der Waals surface area contributed by atoms with Crippen LogP contribution in [0.15, 0.2) is 48.0 Å². The first kappa shape index (κ1) is 21.9. The number of amides is 2. The molecule has 0 radical (unpaired) electrons. The van der Waals surface area contributed by atoms with Gasteiger partial charge in [0, 0.05) is 24.3 Å². The molecule has 2 aliphatic heterocycles. The van der Waals surface area contributed by atoms with Crippen molar-refractivity contribution in [2.45, 2.75) is 19.0 Å². The molecule has 32 heavy (non-hydrogen) atoms. The summed E-state index contributed by atoms with van der Waals surface area (Å²) in [6.45, 7) is 1.65. The molecule has 2 aliphatic rings. The van der Waals surface area contributed by atoms with Crippen LogP contribution in [-0.4, -0.2) is 30.0 Å². The Bertz CT molecular complexity index is 1140. The molecule has 5 nitrogen and oxygen atoms in total. The molecule has 2 fully saturated rings. The molecule has 0 aliphatic carbocycles. The van der Waals surface area contributed by atoms with E-state index < -0.39 is 34.9 Å². The molecule has 2 saturated heterocycles. The maximum atomic E-state index is 14.7. The van der Waals surface area contributed by atoms with E-state index in [1.807, 2.05) is 4.90 Å². The zero-order valence-corrected chi connectivity index (χ0v) is 17.4. The number of carbonyl (C=O) groups excluding carboxylic acids is 2. The summed E-state index contributed by atoms with van der Waals surface area (Å²) < 4.78 is 54.0. The van der Waals surface area contributed by atoms with E-state index in [1.165, 1.54) is 18.2 Å². The van der Waals surface area contributed by atoms with Crippen LogP contribution in [0.4, 0.5) is 28.9 Å². The minimum Gasteiger partial charge on any atom is -0.371 e. The number of benzene rings is 2. The number of alkyl halides is 3. The van der Waals surface area contributed by atoms with E-state index in [-0.39, 0.29) is 16.4 Å². The van der Waals surface area contributed by atoms with Crippen LogP contribution in [0.3, 0.4) is 0 Å². The fourth-order valence-corrected chi connectivity index (χ4v) is 3.95. The van der Waals surface area contributed by atoms with E-state index in [9.17, 15) is 27.2 Å². The fraction of sp³-hybridized carbons (Fsp3) is 0.227. The summed E-state index contributed by atoms with van der Waals surface area (Å²) in [5.41, 5.74) is -0.873. The van der Waals surface area contributed by atoms with Gasteiger partial charge in [-0.15, -0.1) is 0 Å². The lowest BCUT2D eigenvalue weighted by Gasteiger charge is -2.29. The van der Waals surface area contributed by atoms with Crippen LogP contribution in [0.2, 0.25) is 0 Å². The predicted molar refractivity (Wildman–Crippen MR) is 115 cm³/mol. The van der Waals surface area contributed by atoms with Crippen molar-refractivity contribution in [3.05, 3.63) is 65.0 Å². The monoisotopic (exact) mass is 463 g/mol. The Labute approximate surface area is 186 Å². The molecule has 2 amide bonds. The van der Waals surface area contributed by atoms with Gasteiger partial charge < -0.3 is 4.90 Å². The van der Waals surface area contributed by atoms with Crippen molar-refractivity contribution in [3.63, 3.8) is 0 Å². The molecule has 0 spiro atoms. The van der Waals surface area contributed by atoms with Crippen LogP contribution in [0.5, 0.6) is 0 Å². The average Bonchev–Trinajstić information content (AvgIpc) is 3.26. The third-order valence-electron chi connectivity index (χ3n) is 5.29. The van der Waals surface area contributed by atoms with Crippen molar-refractivity contribution in [3.8, 4) is 0 Å². The first-order valence-electron chi connectivity index (χ1n) is 9.78. The van der Waals surface area contributed by atoms with Gasteiger partial charge >= 0.3 is 6.18 Å². The topological polar surface area (TPSA) is 52.7 Å². The summed E-state index contributed by atoms with van der Waals surface area (Å²) >= 11 is 5.01. The quantitative estimate of drug-likeness (QED) is 0.320. The first-order valence-corrected chi connectivity index (χ1v) is 10.2. The highest BCUT2D eigenvalue weighted by molar-refractivity contribution is 7.80. The van der Waals surface area contributed by atoms with E-state index in [0.717, 1.165) is 55.1 Å². The van der Waals surface area contributed by atoms with Gasteiger partial charge in [0.2, 0.25) is 0 Å². The number of thiocarbonyl (C=S) groups is 1. The van der Waals surface area contributed by atoms with E-state index >= 15 is 0 Å². The predicted octanol–water partition coefficient (Wildman–Crippen LogP) is 4.28. The average molecular weight is 463 g/mol. The van der Waals surface area contributed by atoms with E-state index in [1.54, 1.807) is 6.07 Å². The van der Waals surface area contributed by atoms with E-state index in [0.29, 0.717) is 5.69 Å². The van der Waals surface area contributed by atoms with Crippen LogP contribution in [0, 0.1) is 5.82 Å². The molecule has 166 valence electrons. The number of halogens is 4. The molecule has 0 bridgehead atoms. The molecule has 2 heterocycles. The summed E-state index contributed by atoms with van der Waals surface area (Å²) in [5.74, 6) is -2.42. The fourth-order valence-electron chi connectivity index (χ4n) is 3.67. The number of rotatable bonds is 3. The highest BCUT2D eigenvalue weighted by atomic mass is 32.1. The van der Waals surface area contributed by atoms with Gasteiger partial charge in [-0.1, -0.05) is 6.07 Å². The van der Waals surface area contributed by atoms with Gasteiger partial charge in [-0.3, -0.25) is 19.8 Å². The molecule has 2 aromatic rings. The van der Waals surface area contributed by atoms with Crippen molar-refractivity contribution >= 4 is 46.6 Å². The normalized spacial score (nSPS) is 18.5. The van der Waals surface area contributed by atoms with Gasteiger partial charge in [0.1, 0.15) is 11.4 Å². The minimum absolute atomic E-state index is 0.00302. The SMILES string of the molecule is O=C1NC(=S)N(c2cccc(C(F)(F)F)c2)C(=O)/C1=C/c1ccc(N2CCCC2)cc1F. The summed E-state index contributed by atoms with van der Waals surface area (Å²) in [4.78, 5) is 28.2. The number of nitrogens with one attached hydrogen (secondary N) is 1. The Kier molecular flexibility index (Phi) is 5.72. The summed E-state index contributed by atoms with van der Waals surface area (Å²) in [6, 6.07) is 8.49. The van der Waals surface area contributed by atoms with Gasteiger partial charge in [-0.05, 0) is 67.5 Å². The van der Waals surface area contributed by atoms with E-state index in [4.69, 9.17) is 12.2 Å². The molecule has 4 rings (SSSR count). The lowest BCUT2D eigenvalue weighted by molar-refractivity contribution is -0.137. The molecule has 0 saturated carbocycles. The second-order valence-electron chi connectivity index (χ2n) is 7.41. The second kappa shape index (κ2) is 8.34. The maximum Gasteiger partial charge on any atom is 0.416 e. The van der Waals surface area contributed by atoms with Gasteiger partial charge in [0.15, 0.2) is 5.11 Å². The second-order valence-corrected chi connectivity index (χ2v) is 7.79. The molecule has 1 N–H and O–H groups in total. The molecular weight excluding hydrogens is 446 g/mol. The highest BCUT2D eigenvalue weighted by Crippen LogP contribution is 2.33. The molecule has 2 aromatic carbocycles. The molecule has 0 atom stereocenters. The largest absolute Gasteiger partial charge is 0.416 e. The first-order chi connectivity index (χ1) is 15.1. The summed E-state index contributed by atoms with van der Waals surface area (Å²) in [5, 5.41) is 1.92. The number of nitrogens with zero attached hydrogens (tertiary/aromatic N) is 2. The van der Waals surface area contributed by atoms with Crippen LogP contribution in [0.1, 0.15) is 24.0 Å². The van der Waals surface area contributed by atoms with Crippen molar-refractivity contribution in [1.29, 1.82) is 0 Å². The highest BCUT2D eigenvalue weighted by Gasteiger charge is 2.36. The maximum absolute atomic E-state index is 14.7. The smallest absolute Gasteiger partial charge is 0.371 e. The molecule has 0 aromatic heterocycles. The summed E-state index contributed by atoms with van der Waals surface area (Å²) in [6.07, 6.45) is -1.51. The lowest BCUT2D eigenvalue weighted by atomic mass is 10.1. The summed E-state index contributed by atoms with van der Waals surface area (Å²) in [7, 11) is 0. The Morgan fingerprint density at radius 3 is 2.38 bits per heavy atom. The minimum atomic E-state index is -4.63. The number of anilines is 2. The van der Waals surface area contributed by atoms with Crippen LogP contribution in [0.25, 0.3) is 6.08 Å². The van der Waals surface area contributed by atoms with Gasteiger partial charge in [-0.2, -0.15) is 13.2 Å². The zero-order chi connectivity index (χ0) is 23.0. The van der Waals surface area contributed by atoms with Crippen LogP contribution >= 0.6 is 12.2 Å². The standard InChI is InChI=1S/C22H17F4N3O2S/c23-18-12-15(28-8-1-2-9-28)7-6-13(18)10-17-19(30)27-21(32)29(20(17)31)16-5-3-4-14(11-16)22(24,25)26/h3-7,10-12H,1-2,8-9H2,(H,27,30,32)/b17-10+. The van der Waals surface area contributed by atoms with Gasteiger partial charge in [-0.25, -0.2) is 4.39 Å². The Balaban J connectivity index is 1.68.